The zero-order valence-corrected chi connectivity index (χ0v) is 13.0. The SMILES string of the molecule is O=C(C[S+]1CCCC1)c1ccc(OC2=CCCC=C2)cc1. The Morgan fingerprint density at radius 3 is 2.52 bits per heavy atom. The standard InChI is InChI=1S/C18H21O2S/c19-18(14-21-12-4-5-13-21)15-8-10-17(11-9-15)20-16-6-2-1-3-7-16/h2,6-11H,1,3-5,12-14H2/q+1. The van der Waals surface area contributed by atoms with Crippen LogP contribution >= 0.6 is 0 Å². The van der Waals surface area contributed by atoms with Crippen molar-refractivity contribution in [3.63, 3.8) is 0 Å². The molecule has 0 unspecified atom stereocenters. The smallest absolute Gasteiger partial charge is 0.211 e. The molecule has 3 heteroatoms. The summed E-state index contributed by atoms with van der Waals surface area (Å²) in [7, 11) is 0.332. The average Bonchev–Trinajstić information content (AvgIpc) is 3.02. The molecule has 110 valence electrons. The number of benzene rings is 1. The van der Waals surface area contributed by atoms with Crippen LogP contribution in [0.1, 0.15) is 36.0 Å². The lowest BCUT2D eigenvalue weighted by molar-refractivity contribution is 0.102. The van der Waals surface area contributed by atoms with Gasteiger partial charge in [0.15, 0.2) is 5.75 Å². The lowest BCUT2D eigenvalue weighted by atomic mass is 10.1. The molecule has 1 saturated heterocycles. The van der Waals surface area contributed by atoms with Crippen molar-refractivity contribution in [2.45, 2.75) is 25.7 Å². The highest BCUT2D eigenvalue weighted by atomic mass is 32.2. The lowest BCUT2D eigenvalue weighted by Gasteiger charge is -2.09. The summed E-state index contributed by atoms with van der Waals surface area (Å²) in [6, 6.07) is 7.58. The van der Waals surface area contributed by atoms with Crippen molar-refractivity contribution >= 4 is 16.7 Å². The van der Waals surface area contributed by atoms with Crippen LogP contribution in [0.25, 0.3) is 0 Å². The maximum atomic E-state index is 12.2. The van der Waals surface area contributed by atoms with Crippen molar-refractivity contribution in [3.05, 3.63) is 53.8 Å². The summed E-state index contributed by atoms with van der Waals surface area (Å²) in [4.78, 5) is 12.2. The molecule has 0 atom stereocenters. The van der Waals surface area contributed by atoms with Gasteiger partial charge in [-0.2, -0.15) is 0 Å². The predicted molar refractivity (Wildman–Crippen MR) is 89.1 cm³/mol. The van der Waals surface area contributed by atoms with E-state index in [-0.39, 0.29) is 5.78 Å². The van der Waals surface area contributed by atoms with Crippen molar-refractivity contribution in [1.29, 1.82) is 0 Å². The Hall–Kier alpha value is -1.48. The molecule has 0 spiro atoms. The summed E-state index contributed by atoms with van der Waals surface area (Å²) in [5, 5.41) is 0. The number of rotatable bonds is 5. The molecular weight excluding hydrogens is 280 g/mol. The molecule has 2 nitrogen and oxygen atoms in total. The fourth-order valence-corrected chi connectivity index (χ4v) is 4.89. The number of carbonyl (C=O) groups excluding carboxylic acids is 1. The van der Waals surface area contributed by atoms with Gasteiger partial charge in [-0.15, -0.1) is 0 Å². The minimum atomic E-state index is 0.281. The maximum Gasteiger partial charge on any atom is 0.211 e. The van der Waals surface area contributed by atoms with Crippen LogP contribution in [0.4, 0.5) is 0 Å². The molecule has 1 fully saturated rings. The minimum Gasteiger partial charge on any atom is -0.458 e. The predicted octanol–water partition coefficient (Wildman–Crippen LogP) is 3.89. The fraction of sp³-hybridized carbons (Fsp3) is 0.389. The van der Waals surface area contributed by atoms with E-state index in [1.165, 1.54) is 24.3 Å². The van der Waals surface area contributed by atoms with E-state index in [4.69, 9.17) is 4.74 Å². The highest BCUT2D eigenvalue weighted by Gasteiger charge is 2.27. The van der Waals surface area contributed by atoms with E-state index < -0.39 is 0 Å². The Balaban J connectivity index is 1.59. The lowest BCUT2D eigenvalue weighted by Crippen LogP contribution is -2.17. The summed E-state index contributed by atoms with van der Waals surface area (Å²) in [5.74, 6) is 5.19. The summed E-state index contributed by atoms with van der Waals surface area (Å²) >= 11 is 0. The van der Waals surface area contributed by atoms with Crippen LogP contribution < -0.4 is 4.74 Å². The minimum absolute atomic E-state index is 0.281. The third-order valence-corrected chi connectivity index (χ3v) is 6.23. The summed E-state index contributed by atoms with van der Waals surface area (Å²) in [5.41, 5.74) is 0.815. The van der Waals surface area contributed by atoms with Crippen LogP contribution in [-0.4, -0.2) is 23.0 Å². The van der Waals surface area contributed by atoms with Gasteiger partial charge in [0.05, 0.1) is 0 Å². The van der Waals surface area contributed by atoms with Crippen molar-refractivity contribution in [1.82, 2.24) is 0 Å². The fourth-order valence-electron chi connectivity index (χ4n) is 2.64. The van der Waals surface area contributed by atoms with Gasteiger partial charge in [-0.25, -0.2) is 0 Å². The zero-order chi connectivity index (χ0) is 14.5. The molecule has 0 radical (unpaired) electrons. The summed E-state index contributed by atoms with van der Waals surface area (Å²) in [6.07, 6.45) is 10.9. The second-order valence-electron chi connectivity index (χ2n) is 5.51. The molecule has 1 heterocycles. The van der Waals surface area contributed by atoms with Gasteiger partial charge >= 0.3 is 0 Å². The molecule has 0 amide bonds. The summed E-state index contributed by atoms with van der Waals surface area (Å²) < 4.78 is 5.79. The highest BCUT2D eigenvalue weighted by molar-refractivity contribution is 7.97. The Labute approximate surface area is 129 Å². The Morgan fingerprint density at radius 2 is 1.86 bits per heavy atom. The van der Waals surface area contributed by atoms with Gasteiger partial charge in [0.25, 0.3) is 0 Å². The molecule has 1 aliphatic heterocycles. The van der Waals surface area contributed by atoms with Crippen LogP contribution in [-0.2, 0) is 10.9 Å². The number of carbonyl (C=O) groups is 1. The quantitative estimate of drug-likeness (QED) is 0.609. The number of hydrogen-bond donors (Lipinski definition) is 0. The first-order chi connectivity index (χ1) is 10.3. The third-order valence-electron chi connectivity index (χ3n) is 3.82. The molecule has 0 bridgehead atoms. The van der Waals surface area contributed by atoms with Gasteiger partial charge < -0.3 is 4.74 Å². The van der Waals surface area contributed by atoms with Crippen molar-refractivity contribution < 1.29 is 9.53 Å². The van der Waals surface area contributed by atoms with E-state index in [1.807, 2.05) is 30.3 Å². The van der Waals surface area contributed by atoms with Gasteiger partial charge in [-0.1, -0.05) is 6.08 Å². The second kappa shape index (κ2) is 6.99. The van der Waals surface area contributed by atoms with E-state index in [9.17, 15) is 4.79 Å². The molecular formula is C18H21O2S+. The van der Waals surface area contributed by atoms with Crippen LogP contribution in [0.3, 0.4) is 0 Å². The number of Topliss-reactive ketones (excluding diaryl/α,β-unsaturated/α-hetero) is 1. The van der Waals surface area contributed by atoms with Crippen LogP contribution in [0, 0.1) is 0 Å². The molecule has 2 aliphatic rings. The molecule has 0 N–H and O–H groups in total. The van der Waals surface area contributed by atoms with Crippen molar-refractivity contribution in [3.8, 4) is 5.75 Å². The second-order valence-corrected chi connectivity index (χ2v) is 7.84. The molecule has 1 aromatic carbocycles. The zero-order valence-electron chi connectivity index (χ0n) is 12.2. The molecule has 1 aromatic rings. The van der Waals surface area contributed by atoms with Gasteiger partial charge in [0.1, 0.15) is 23.0 Å². The molecule has 0 aromatic heterocycles. The van der Waals surface area contributed by atoms with Gasteiger partial charge in [0, 0.05) is 5.56 Å². The van der Waals surface area contributed by atoms with Crippen LogP contribution in [0.5, 0.6) is 5.75 Å². The molecule has 21 heavy (non-hydrogen) atoms. The number of ketones is 1. The Kier molecular flexibility index (Phi) is 4.81. The van der Waals surface area contributed by atoms with E-state index in [0.717, 1.165) is 35.7 Å². The molecule has 0 saturated carbocycles. The topological polar surface area (TPSA) is 26.3 Å². The number of hydrogen-bond acceptors (Lipinski definition) is 2. The highest BCUT2D eigenvalue weighted by Crippen LogP contribution is 2.20. The van der Waals surface area contributed by atoms with E-state index >= 15 is 0 Å². The van der Waals surface area contributed by atoms with E-state index in [2.05, 4.69) is 12.2 Å². The Morgan fingerprint density at radius 1 is 1.10 bits per heavy atom. The van der Waals surface area contributed by atoms with Crippen LogP contribution in [0.15, 0.2) is 48.3 Å². The maximum absolute atomic E-state index is 12.2. The Bertz CT molecular complexity index is 551. The van der Waals surface area contributed by atoms with Crippen molar-refractivity contribution in [2.24, 2.45) is 0 Å². The van der Waals surface area contributed by atoms with Crippen molar-refractivity contribution in [2.75, 3.05) is 17.3 Å². The third kappa shape index (κ3) is 4.01. The molecule has 1 aliphatic carbocycles. The number of allylic oxidation sites excluding steroid dienone is 3. The first-order valence-electron chi connectivity index (χ1n) is 7.63. The molecule has 3 rings (SSSR count). The van der Waals surface area contributed by atoms with Gasteiger partial charge in [-0.3, -0.25) is 4.79 Å². The first kappa shape index (κ1) is 14.5. The van der Waals surface area contributed by atoms with Gasteiger partial charge in [-0.05, 0) is 73.0 Å². The van der Waals surface area contributed by atoms with E-state index in [1.54, 1.807) is 0 Å². The largest absolute Gasteiger partial charge is 0.458 e. The average molecular weight is 301 g/mol. The normalized spacial score (nSPS) is 18.6. The number of ether oxygens (including phenoxy) is 1. The van der Waals surface area contributed by atoms with Crippen LogP contribution in [0.2, 0.25) is 0 Å². The monoisotopic (exact) mass is 301 g/mol. The first-order valence-corrected chi connectivity index (χ1v) is 9.36. The van der Waals surface area contributed by atoms with Gasteiger partial charge in [0.2, 0.25) is 5.78 Å². The summed E-state index contributed by atoms with van der Waals surface area (Å²) in [6.45, 7) is 0. The van der Waals surface area contributed by atoms with E-state index in [0.29, 0.717) is 10.9 Å².